The molecule has 0 heterocycles. The van der Waals surface area contributed by atoms with Crippen molar-refractivity contribution in [3.8, 4) is 0 Å². The van der Waals surface area contributed by atoms with Crippen LogP contribution in [0.3, 0.4) is 0 Å². The van der Waals surface area contributed by atoms with Gasteiger partial charge in [-0.2, -0.15) is 13.2 Å². The van der Waals surface area contributed by atoms with Gasteiger partial charge >= 0.3 is 27.9 Å². The van der Waals surface area contributed by atoms with Crippen LogP contribution >= 0.6 is 7.92 Å². The zero-order chi connectivity index (χ0) is 19.9. The molecule has 0 aromatic heterocycles. The molecule has 3 nitrogen and oxygen atoms in total. The van der Waals surface area contributed by atoms with E-state index < -0.39 is 15.6 Å². The van der Waals surface area contributed by atoms with E-state index in [2.05, 4.69) is 0 Å². The van der Waals surface area contributed by atoms with Gasteiger partial charge in [0.1, 0.15) is 0 Å². The van der Waals surface area contributed by atoms with E-state index in [-0.39, 0.29) is 22.4 Å². The van der Waals surface area contributed by atoms with Crippen LogP contribution in [-0.2, 0) is 32.5 Å². The summed E-state index contributed by atoms with van der Waals surface area (Å²) in [6.45, 7) is 0. The van der Waals surface area contributed by atoms with Gasteiger partial charge in [-0.1, -0.05) is 65.7 Å². The average molecular weight is 626 g/mol. The molecule has 0 aliphatic heterocycles. The number of hydrogen-bond donors (Lipinski definition) is 0. The zero-order valence-corrected chi connectivity index (χ0v) is 20.2. The smallest absolute Gasteiger partial charge is 0.741 e. The van der Waals surface area contributed by atoms with E-state index in [0.717, 1.165) is 0 Å². The Balaban J connectivity index is 0.000000376. The van der Waals surface area contributed by atoms with E-state index >= 15 is 0 Å². The fourth-order valence-electron chi connectivity index (χ4n) is 5.03. The van der Waals surface area contributed by atoms with Crippen molar-refractivity contribution >= 4 is 18.0 Å². The topological polar surface area (TPSA) is 57.2 Å². The van der Waals surface area contributed by atoms with E-state index in [4.69, 9.17) is 13.0 Å². The maximum absolute atomic E-state index is 10.7. The molecule has 0 spiro atoms. The maximum atomic E-state index is 10.7. The van der Waals surface area contributed by atoms with Gasteiger partial charge in [0, 0.05) is 0 Å². The summed E-state index contributed by atoms with van der Waals surface area (Å²) in [6.07, 6.45) is 23.6. The van der Waals surface area contributed by atoms with Gasteiger partial charge in [-0.25, -0.2) is 8.42 Å². The number of halogens is 3. The number of rotatable bonds is 3. The fraction of sp³-hybridized carbons (Fsp3) is 1.00. The van der Waals surface area contributed by atoms with Crippen molar-refractivity contribution in [3.05, 3.63) is 0 Å². The second kappa shape index (κ2) is 12.7. The molecule has 9 heteroatoms. The summed E-state index contributed by atoms with van der Waals surface area (Å²) in [5.74, 6) is 0. The third-order valence-electron chi connectivity index (χ3n) is 6.27. The Labute approximate surface area is 185 Å². The Morgan fingerprint density at radius 2 is 0.857 bits per heavy atom. The normalized spacial score (nSPS) is 23.6. The van der Waals surface area contributed by atoms with Crippen LogP contribution < -0.4 is 0 Å². The SMILES string of the molecule is C1CCC(P(C2CCCCC2)C2CCCCC2)CC1.O=S(=O)([O-])C(F)(F)F.[Au+]. The van der Waals surface area contributed by atoms with Gasteiger partial charge in [0.15, 0.2) is 10.1 Å². The first-order valence-electron chi connectivity index (χ1n) is 10.5. The predicted octanol–water partition coefficient (Wildman–Crippen LogP) is 6.52. The molecule has 0 amide bonds. The van der Waals surface area contributed by atoms with Crippen molar-refractivity contribution in [2.45, 2.75) is 119 Å². The monoisotopic (exact) mass is 626 g/mol. The van der Waals surface area contributed by atoms with Gasteiger partial charge in [0.2, 0.25) is 0 Å². The van der Waals surface area contributed by atoms with Gasteiger partial charge in [-0.15, -0.1) is 0 Å². The second-order valence-corrected chi connectivity index (χ2v) is 12.7. The maximum Gasteiger partial charge on any atom is 1.00 e. The summed E-state index contributed by atoms with van der Waals surface area (Å²) >= 11 is 0. The molecular weight excluding hydrogens is 593 g/mol. The van der Waals surface area contributed by atoms with Gasteiger partial charge < -0.3 is 4.55 Å². The van der Waals surface area contributed by atoms with Crippen LogP contribution in [0.5, 0.6) is 0 Å². The van der Waals surface area contributed by atoms with E-state index in [1.54, 1.807) is 77.0 Å². The van der Waals surface area contributed by atoms with Crippen LogP contribution in [0.1, 0.15) is 96.3 Å². The molecule has 0 aromatic carbocycles. The van der Waals surface area contributed by atoms with Crippen LogP contribution in [0.25, 0.3) is 0 Å². The molecule has 28 heavy (non-hydrogen) atoms. The van der Waals surface area contributed by atoms with Crippen LogP contribution in [0.15, 0.2) is 0 Å². The summed E-state index contributed by atoms with van der Waals surface area (Å²) in [7, 11) is -5.71. The van der Waals surface area contributed by atoms with Crippen molar-refractivity contribution in [1.82, 2.24) is 0 Å². The van der Waals surface area contributed by atoms with E-state index in [9.17, 15) is 13.2 Å². The number of hydrogen-bond acceptors (Lipinski definition) is 3. The zero-order valence-electron chi connectivity index (χ0n) is 16.4. The Kier molecular flexibility index (Phi) is 12.2. The van der Waals surface area contributed by atoms with Crippen LogP contribution in [0.2, 0.25) is 0 Å². The third kappa shape index (κ3) is 8.55. The van der Waals surface area contributed by atoms with Crippen LogP contribution in [-0.4, -0.2) is 35.5 Å². The molecule has 0 atom stereocenters. The molecular formula is C19H33AuF3O3PS. The molecule has 0 saturated heterocycles. The van der Waals surface area contributed by atoms with Crippen LogP contribution in [0.4, 0.5) is 13.2 Å². The quantitative estimate of drug-likeness (QED) is 0.155. The van der Waals surface area contributed by atoms with E-state index in [1.165, 1.54) is 36.2 Å². The molecule has 0 N–H and O–H groups in total. The van der Waals surface area contributed by atoms with Gasteiger partial charge in [0.05, 0.1) is 0 Å². The summed E-state index contributed by atoms with van der Waals surface area (Å²) in [5, 5.41) is 0. The molecule has 0 unspecified atom stereocenters. The number of alkyl halides is 3. The third-order valence-corrected chi connectivity index (χ3v) is 10.9. The summed E-state index contributed by atoms with van der Waals surface area (Å²) in [4.78, 5) is 0. The molecule has 0 radical (unpaired) electrons. The van der Waals surface area contributed by atoms with Crippen LogP contribution in [0, 0.1) is 0 Å². The molecule has 3 fully saturated rings. The summed E-state index contributed by atoms with van der Waals surface area (Å²) < 4.78 is 58.9. The molecule has 3 rings (SSSR count). The van der Waals surface area contributed by atoms with Gasteiger partial charge in [-0.05, 0) is 55.5 Å². The average Bonchev–Trinajstić information content (AvgIpc) is 2.64. The van der Waals surface area contributed by atoms with Crippen molar-refractivity contribution in [1.29, 1.82) is 0 Å². The summed E-state index contributed by atoms with van der Waals surface area (Å²) in [5.41, 5.74) is -2.08. The van der Waals surface area contributed by atoms with E-state index in [1.807, 2.05) is 0 Å². The molecule has 3 aliphatic carbocycles. The molecule has 170 valence electrons. The first kappa shape index (κ1) is 26.9. The largest absolute Gasteiger partial charge is 1.00 e. The van der Waals surface area contributed by atoms with E-state index in [0.29, 0.717) is 7.92 Å². The second-order valence-electron chi connectivity index (χ2n) is 8.22. The summed E-state index contributed by atoms with van der Waals surface area (Å²) in [6, 6.07) is 0. The van der Waals surface area contributed by atoms with Crippen molar-refractivity contribution in [2.24, 2.45) is 0 Å². The fourth-order valence-corrected chi connectivity index (χ4v) is 9.71. The Hall–Kier alpha value is 0.870. The Morgan fingerprint density at radius 3 is 1.04 bits per heavy atom. The Morgan fingerprint density at radius 1 is 0.643 bits per heavy atom. The van der Waals surface area contributed by atoms with Crippen molar-refractivity contribution in [2.75, 3.05) is 0 Å². The van der Waals surface area contributed by atoms with Gasteiger partial charge in [0.25, 0.3) is 0 Å². The molecule has 3 aliphatic rings. The minimum atomic E-state index is -6.09. The van der Waals surface area contributed by atoms with Gasteiger partial charge in [-0.3, -0.25) is 0 Å². The minimum Gasteiger partial charge on any atom is -0.741 e. The standard InChI is InChI=1S/C18H33P.CHF3O3S.Au/c1-4-10-16(11-5-1)19(17-12-6-2-7-13-17)18-14-8-3-9-15-18;2-1(3,4)8(5,6)7;/h16-18H,1-15H2;(H,5,6,7);/q;;+1/p-1. The Bertz CT molecular complexity index is 484. The van der Waals surface area contributed by atoms with Crippen molar-refractivity contribution < 1.29 is 48.5 Å². The first-order chi connectivity index (χ1) is 12.7. The first-order valence-corrected chi connectivity index (χ1v) is 13.5. The molecule has 3 saturated carbocycles. The minimum absolute atomic E-state index is 0. The van der Waals surface area contributed by atoms with Crippen molar-refractivity contribution in [3.63, 3.8) is 0 Å². The molecule has 0 aromatic rings. The molecule has 0 bridgehead atoms. The predicted molar refractivity (Wildman–Crippen MR) is 103 cm³/mol.